The number of nitrogens with two attached hydrogens (primary N) is 1. The van der Waals surface area contributed by atoms with Gasteiger partial charge in [-0.05, 0) is 17.7 Å². The van der Waals surface area contributed by atoms with E-state index in [9.17, 15) is 0 Å². The van der Waals surface area contributed by atoms with Crippen LogP contribution in [0.25, 0.3) is 11.0 Å². The molecule has 0 bridgehead atoms. The Bertz CT molecular complexity index is 559. The molecule has 0 unspecified atom stereocenters. The summed E-state index contributed by atoms with van der Waals surface area (Å²) in [5.74, 6) is 1.03. The minimum absolute atomic E-state index is 0.00119. The summed E-state index contributed by atoms with van der Waals surface area (Å²) in [5, 5.41) is 0. The number of hydrogen-bond acceptors (Lipinski definition) is 2. The molecule has 18 heavy (non-hydrogen) atoms. The highest BCUT2D eigenvalue weighted by molar-refractivity contribution is 5.76. The highest BCUT2D eigenvalue weighted by Gasteiger charge is 2.21. The monoisotopic (exact) mass is 245 g/mol. The van der Waals surface area contributed by atoms with Crippen LogP contribution in [0.1, 0.15) is 46.0 Å². The first-order valence-corrected chi connectivity index (χ1v) is 6.45. The Labute approximate surface area is 109 Å². The lowest BCUT2D eigenvalue weighted by Crippen LogP contribution is -2.27. The number of benzene rings is 1. The van der Waals surface area contributed by atoms with Crippen LogP contribution >= 0.6 is 0 Å². The lowest BCUT2D eigenvalue weighted by Gasteiger charge is -2.22. The van der Waals surface area contributed by atoms with Crippen LogP contribution in [0.4, 0.5) is 0 Å². The SMILES string of the molecule is CC(C)(C)c1nc2ccc(C(C)(C)CN)cc2[nH]1. The first-order valence-electron chi connectivity index (χ1n) is 6.45. The van der Waals surface area contributed by atoms with E-state index >= 15 is 0 Å². The smallest absolute Gasteiger partial charge is 0.112 e. The minimum atomic E-state index is 0.00119. The Kier molecular flexibility index (Phi) is 2.98. The fraction of sp³-hybridized carbons (Fsp3) is 0.533. The Morgan fingerprint density at radius 2 is 1.83 bits per heavy atom. The van der Waals surface area contributed by atoms with Gasteiger partial charge in [0.05, 0.1) is 11.0 Å². The van der Waals surface area contributed by atoms with Gasteiger partial charge in [-0.3, -0.25) is 0 Å². The zero-order valence-electron chi connectivity index (χ0n) is 12.0. The third-order valence-corrected chi connectivity index (χ3v) is 3.48. The summed E-state index contributed by atoms with van der Waals surface area (Å²) in [5.41, 5.74) is 9.25. The van der Waals surface area contributed by atoms with E-state index in [1.807, 2.05) is 0 Å². The number of aromatic nitrogens is 2. The molecule has 0 saturated carbocycles. The number of hydrogen-bond donors (Lipinski definition) is 2. The quantitative estimate of drug-likeness (QED) is 0.854. The van der Waals surface area contributed by atoms with Crippen molar-refractivity contribution in [3.05, 3.63) is 29.6 Å². The lowest BCUT2D eigenvalue weighted by atomic mass is 9.85. The van der Waals surface area contributed by atoms with Crippen LogP contribution in [-0.4, -0.2) is 16.5 Å². The third-order valence-electron chi connectivity index (χ3n) is 3.48. The molecule has 0 aliphatic rings. The average Bonchev–Trinajstić information content (AvgIpc) is 2.71. The molecule has 0 amide bonds. The minimum Gasteiger partial charge on any atom is -0.342 e. The predicted molar refractivity (Wildman–Crippen MR) is 76.9 cm³/mol. The average molecular weight is 245 g/mol. The van der Waals surface area contributed by atoms with Gasteiger partial charge in [0.2, 0.25) is 0 Å². The van der Waals surface area contributed by atoms with Crippen molar-refractivity contribution in [1.29, 1.82) is 0 Å². The first-order chi connectivity index (χ1) is 8.24. The van der Waals surface area contributed by atoms with Crippen molar-refractivity contribution < 1.29 is 0 Å². The maximum absolute atomic E-state index is 5.83. The molecule has 2 aromatic rings. The van der Waals surface area contributed by atoms with E-state index in [1.165, 1.54) is 5.56 Å². The molecule has 1 aromatic heterocycles. The maximum Gasteiger partial charge on any atom is 0.112 e. The molecule has 3 N–H and O–H groups in total. The zero-order chi connectivity index (χ0) is 13.6. The normalized spacial score (nSPS) is 13.2. The number of aromatic amines is 1. The standard InChI is InChI=1S/C15H23N3/c1-14(2,3)13-17-11-7-6-10(8-12(11)18-13)15(4,5)9-16/h6-8H,9,16H2,1-5H3,(H,17,18). The Balaban J connectivity index is 2.53. The molecule has 1 aromatic carbocycles. The van der Waals surface area contributed by atoms with Crippen LogP contribution in [0.3, 0.4) is 0 Å². The summed E-state index contributed by atoms with van der Waals surface area (Å²) in [6.45, 7) is 11.4. The fourth-order valence-corrected chi connectivity index (χ4v) is 1.90. The highest BCUT2D eigenvalue weighted by Crippen LogP contribution is 2.27. The molecule has 0 radical (unpaired) electrons. The molecule has 3 nitrogen and oxygen atoms in total. The molecule has 0 saturated heterocycles. The van der Waals surface area contributed by atoms with Crippen molar-refractivity contribution in [3.8, 4) is 0 Å². The fourth-order valence-electron chi connectivity index (χ4n) is 1.90. The van der Waals surface area contributed by atoms with Crippen LogP contribution < -0.4 is 5.73 Å². The van der Waals surface area contributed by atoms with Crippen LogP contribution in [0.15, 0.2) is 18.2 Å². The van der Waals surface area contributed by atoms with Gasteiger partial charge in [0.1, 0.15) is 5.82 Å². The van der Waals surface area contributed by atoms with Crippen molar-refractivity contribution in [2.75, 3.05) is 6.54 Å². The van der Waals surface area contributed by atoms with Crippen molar-refractivity contribution >= 4 is 11.0 Å². The van der Waals surface area contributed by atoms with Crippen molar-refractivity contribution in [3.63, 3.8) is 0 Å². The maximum atomic E-state index is 5.83. The van der Waals surface area contributed by atoms with Crippen LogP contribution in [0.2, 0.25) is 0 Å². The van der Waals surface area contributed by atoms with E-state index in [0.717, 1.165) is 16.9 Å². The van der Waals surface area contributed by atoms with Crippen LogP contribution in [0, 0.1) is 0 Å². The van der Waals surface area contributed by atoms with Gasteiger partial charge in [-0.15, -0.1) is 0 Å². The molecule has 0 atom stereocenters. The molecule has 0 aliphatic heterocycles. The largest absolute Gasteiger partial charge is 0.342 e. The summed E-state index contributed by atoms with van der Waals surface area (Å²) < 4.78 is 0. The Morgan fingerprint density at radius 1 is 1.17 bits per heavy atom. The van der Waals surface area contributed by atoms with E-state index in [2.05, 4.69) is 62.8 Å². The van der Waals surface area contributed by atoms with Gasteiger partial charge in [-0.25, -0.2) is 4.98 Å². The molecule has 0 aliphatic carbocycles. The van der Waals surface area contributed by atoms with Gasteiger partial charge < -0.3 is 10.7 Å². The summed E-state index contributed by atoms with van der Waals surface area (Å²) in [6, 6.07) is 6.38. The van der Waals surface area contributed by atoms with E-state index in [-0.39, 0.29) is 10.8 Å². The molecule has 0 fully saturated rings. The second kappa shape index (κ2) is 4.09. The Hall–Kier alpha value is -1.35. The lowest BCUT2D eigenvalue weighted by molar-refractivity contribution is 0.539. The van der Waals surface area contributed by atoms with Gasteiger partial charge in [-0.1, -0.05) is 40.7 Å². The second-order valence-electron chi connectivity index (χ2n) is 6.66. The van der Waals surface area contributed by atoms with Crippen LogP contribution in [0.5, 0.6) is 0 Å². The van der Waals surface area contributed by atoms with E-state index in [4.69, 9.17) is 5.73 Å². The predicted octanol–water partition coefficient (Wildman–Crippen LogP) is 3.10. The highest BCUT2D eigenvalue weighted by atomic mass is 14.9. The molecular weight excluding hydrogens is 222 g/mol. The number of rotatable bonds is 2. The van der Waals surface area contributed by atoms with Gasteiger partial charge in [0.15, 0.2) is 0 Å². The molecule has 3 heteroatoms. The first kappa shape index (κ1) is 13.1. The second-order valence-corrected chi connectivity index (χ2v) is 6.66. The summed E-state index contributed by atoms with van der Waals surface area (Å²) in [6.07, 6.45) is 0. The van der Waals surface area contributed by atoms with Gasteiger partial charge in [-0.2, -0.15) is 0 Å². The van der Waals surface area contributed by atoms with E-state index < -0.39 is 0 Å². The number of fused-ring (bicyclic) bond motifs is 1. The Morgan fingerprint density at radius 3 is 2.39 bits per heavy atom. The van der Waals surface area contributed by atoms with Crippen molar-refractivity contribution in [1.82, 2.24) is 9.97 Å². The van der Waals surface area contributed by atoms with Crippen molar-refractivity contribution in [2.45, 2.75) is 45.4 Å². The van der Waals surface area contributed by atoms with E-state index in [1.54, 1.807) is 0 Å². The summed E-state index contributed by atoms with van der Waals surface area (Å²) in [7, 11) is 0. The van der Waals surface area contributed by atoms with Crippen molar-refractivity contribution in [2.24, 2.45) is 5.73 Å². The van der Waals surface area contributed by atoms with Gasteiger partial charge in [0, 0.05) is 17.4 Å². The number of nitrogens with zero attached hydrogens (tertiary/aromatic N) is 1. The molecule has 1 heterocycles. The number of H-pyrrole nitrogens is 1. The topological polar surface area (TPSA) is 54.7 Å². The van der Waals surface area contributed by atoms with Gasteiger partial charge >= 0.3 is 0 Å². The third kappa shape index (κ3) is 2.27. The molecule has 2 rings (SSSR count). The summed E-state index contributed by atoms with van der Waals surface area (Å²) >= 11 is 0. The molecular formula is C15H23N3. The van der Waals surface area contributed by atoms with E-state index in [0.29, 0.717) is 6.54 Å². The number of nitrogens with one attached hydrogen (secondary N) is 1. The van der Waals surface area contributed by atoms with Crippen LogP contribution in [-0.2, 0) is 10.8 Å². The summed E-state index contributed by atoms with van der Waals surface area (Å²) in [4.78, 5) is 8.07. The van der Waals surface area contributed by atoms with Gasteiger partial charge in [0.25, 0.3) is 0 Å². The zero-order valence-corrected chi connectivity index (χ0v) is 12.0. The number of imidazole rings is 1. The molecule has 98 valence electrons. The molecule has 0 spiro atoms.